The first-order chi connectivity index (χ1) is 15.6. The number of aliphatic hydroxyl groups is 1. The van der Waals surface area contributed by atoms with Crippen LogP contribution in [-0.2, 0) is 21.0 Å². The van der Waals surface area contributed by atoms with Gasteiger partial charge in [0, 0.05) is 19.6 Å². The summed E-state index contributed by atoms with van der Waals surface area (Å²) in [5.74, 6) is -0.635. The van der Waals surface area contributed by atoms with Gasteiger partial charge >= 0.3 is 0 Å². The van der Waals surface area contributed by atoms with Crippen LogP contribution in [0.5, 0.6) is 0 Å². The Bertz CT molecular complexity index is 963. The van der Waals surface area contributed by atoms with Crippen molar-refractivity contribution < 1.29 is 22.3 Å². The summed E-state index contributed by atoms with van der Waals surface area (Å²) >= 11 is 0. The largest absolute Gasteiger partial charge is 0.409 e. The minimum atomic E-state index is -3.63. The lowest BCUT2D eigenvalue weighted by Gasteiger charge is -2.36. The fourth-order valence-corrected chi connectivity index (χ4v) is 7.36. The number of anilines is 1. The molecule has 184 valence electrons. The van der Waals surface area contributed by atoms with Crippen molar-refractivity contribution in [2.45, 2.75) is 51.6 Å². The van der Waals surface area contributed by atoms with E-state index >= 15 is 0 Å². The van der Waals surface area contributed by atoms with Gasteiger partial charge in [0.2, 0.25) is 10.0 Å². The molecule has 2 rings (SSSR count). The molecule has 2 aromatic rings. The van der Waals surface area contributed by atoms with Crippen molar-refractivity contribution >= 4 is 24.0 Å². The molecule has 6 nitrogen and oxygen atoms in total. The van der Waals surface area contributed by atoms with Gasteiger partial charge in [-0.1, -0.05) is 57.2 Å². The Balaban J connectivity index is 2.43. The molecule has 0 heterocycles. The second-order valence-corrected chi connectivity index (χ2v) is 14.9. The summed E-state index contributed by atoms with van der Waals surface area (Å²) in [6, 6.07) is 17.3. The van der Waals surface area contributed by atoms with E-state index in [1.54, 1.807) is 6.07 Å². The van der Waals surface area contributed by atoms with Crippen molar-refractivity contribution in [3.05, 3.63) is 65.5 Å². The molecular formula is C24H37FN2O4SSi. The molecule has 33 heavy (non-hydrogen) atoms. The van der Waals surface area contributed by atoms with Gasteiger partial charge in [-0.2, -0.15) is 0 Å². The van der Waals surface area contributed by atoms with Crippen molar-refractivity contribution in [2.24, 2.45) is 0 Å². The van der Waals surface area contributed by atoms with Crippen LogP contribution in [0.3, 0.4) is 0 Å². The molecule has 0 saturated carbocycles. The fourth-order valence-electron chi connectivity index (χ4n) is 3.99. The van der Waals surface area contributed by atoms with Crippen LogP contribution < -0.4 is 4.72 Å². The molecule has 0 aromatic heterocycles. The number of halogens is 1. The lowest BCUT2D eigenvalue weighted by molar-refractivity contribution is 0.104. The van der Waals surface area contributed by atoms with E-state index in [-0.39, 0.29) is 18.4 Å². The minimum absolute atomic E-state index is 0.00175. The second-order valence-electron chi connectivity index (χ2n) is 8.41. The van der Waals surface area contributed by atoms with Gasteiger partial charge in [-0.3, -0.25) is 9.62 Å². The van der Waals surface area contributed by atoms with E-state index in [1.807, 2.05) is 30.3 Å². The number of sulfonamides is 1. The van der Waals surface area contributed by atoms with Crippen molar-refractivity contribution in [1.29, 1.82) is 0 Å². The lowest BCUT2D eigenvalue weighted by Crippen LogP contribution is -2.41. The molecule has 0 fully saturated rings. The number of hydrogen-bond acceptors (Lipinski definition) is 5. The summed E-state index contributed by atoms with van der Waals surface area (Å²) < 4.78 is 46.9. The average molecular weight is 497 g/mol. The average Bonchev–Trinajstić information content (AvgIpc) is 2.78. The van der Waals surface area contributed by atoms with Crippen LogP contribution in [0.4, 0.5) is 10.1 Å². The van der Waals surface area contributed by atoms with E-state index in [0.29, 0.717) is 25.2 Å². The van der Waals surface area contributed by atoms with Crippen LogP contribution >= 0.6 is 0 Å². The zero-order chi connectivity index (χ0) is 24.5. The number of hydrogen-bond donors (Lipinski definition) is 2. The smallest absolute Gasteiger partial charge is 0.229 e. The van der Waals surface area contributed by atoms with Crippen LogP contribution in [-0.4, -0.2) is 52.7 Å². The SMILES string of the molecule is CC[Si](CC)(CC)O[C@@H](CN(CCO)Cc1ccccc1)c1ccc(F)c(NS(C)(=O)=O)c1. The van der Waals surface area contributed by atoms with E-state index in [0.717, 1.165) is 30.0 Å². The van der Waals surface area contributed by atoms with Crippen LogP contribution in [0.2, 0.25) is 18.1 Å². The first-order valence-electron chi connectivity index (χ1n) is 11.5. The van der Waals surface area contributed by atoms with Gasteiger partial charge in [0.25, 0.3) is 0 Å². The summed E-state index contributed by atoms with van der Waals surface area (Å²) in [4.78, 5) is 2.12. The fraction of sp³-hybridized carbons (Fsp3) is 0.500. The molecule has 0 saturated heterocycles. The minimum Gasteiger partial charge on any atom is -0.409 e. The van der Waals surface area contributed by atoms with E-state index < -0.39 is 24.2 Å². The Morgan fingerprint density at radius 1 is 1.09 bits per heavy atom. The predicted octanol–water partition coefficient (Wildman–Crippen LogP) is 4.75. The monoisotopic (exact) mass is 496 g/mol. The van der Waals surface area contributed by atoms with Crippen molar-refractivity contribution in [3.8, 4) is 0 Å². The lowest BCUT2D eigenvalue weighted by atomic mass is 10.1. The Morgan fingerprint density at radius 3 is 2.27 bits per heavy atom. The van der Waals surface area contributed by atoms with Gasteiger partial charge in [0.05, 0.1) is 24.7 Å². The van der Waals surface area contributed by atoms with Gasteiger partial charge in [0.1, 0.15) is 5.82 Å². The van der Waals surface area contributed by atoms with E-state index in [9.17, 15) is 17.9 Å². The second kappa shape index (κ2) is 12.6. The zero-order valence-electron chi connectivity index (χ0n) is 20.1. The molecule has 0 spiro atoms. The van der Waals surface area contributed by atoms with E-state index in [2.05, 4.69) is 30.4 Å². The van der Waals surface area contributed by atoms with Gasteiger partial charge in [0.15, 0.2) is 8.32 Å². The Hall–Kier alpha value is -1.78. The highest BCUT2D eigenvalue weighted by Crippen LogP contribution is 2.32. The van der Waals surface area contributed by atoms with Gasteiger partial charge in [-0.05, 0) is 41.4 Å². The molecule has 0 radical (unpaired) electrons. The summed E-state index contributed by atoms with van der Waals surface area (Å²) in [5.41, 5.74) is 1.75. The number of nitrogens with one attached hydrogen (secondary N) is 1. The summed E-state index contributed by atoms with van der Waals surface area (Å²) in [6.45, 7) is 8.03. The van der Waals surface area contributed by atoms with Crippen LogP contribution in [0, 0.1) is 5.82 Å². The molecule has 0 aliphatic carbocycles. The topological polar surface area (TPSA) is 78.9 Å². The van der Waals surface area contributed by atoms with Crippen molar-refractivity contribution in [1.82, 2.24) is 4.90 Å². The van der Waals surface area contributed by atoms with E-state index in [1.165, 1.54) is 12.1 Å². The highest BCUT2D eigenvalue weighted by atomic mass is 32.2. The Labute approximate surface area is 199 Å². The molecule has 9 heteroatoms. The number of nitrogens with zero attached hydrogens (tertiary/aromatic N) is 1. The van der Waals surface area contributed by atoms with Crippen LogP contribution in [0.15, 0.2) is 48.5 Å². The Kier molecular flexibility index (Phi) is 10.5. The Morgan fingerprint density at radius 2 is 1.73 bits per heavy atom. The number of benzene rings is 2. The molecular weight excluding hydrogens is 459 g/mol. The molecule has 2 N–H and O–H groups in total. The third-order valence-electron chi connectivity index (χ3n) is 6.07. The summed E-state index contributed by atoms with van der Waals surface area (Å²) in [5, 5.41) is 9.68. The maximum Gasteiger partial charge on any atom is 0.229 e. The molecule has 0 aliphatic rings. The highest BCUT2D eigenvalue weighted by molar-refractivity contribution is 7.92. The molecule has 0 bridgehead atoms. The normalized spacial score (nSPS) is 13.3. The van der Waals surface area contributed by atoms with Crippen LogP contribution in [0.25, 0.3) is 0 Å². The van der Waals surface area contributed by atoms with Crippen LogP contribution in [0.1, 0.15) is 38.0 Å². The van der Waals surface area contributed by atoms with Crippen molar-refractivity contribution in [2.75, 3.05) is 30.7 Å². The third-order valence-corrected chi connectivity index (χ3v) is 11.3. The molecule has 0 unspecified atom stereocenters. The van der Waals surface area contributed by atoms with Gasteiger partial charge < -0.3 is 9.53 Å². The maximum atomic E-state index is 14.4. The predicted molar refractivity (Wildman–Crippen MR) is 135 cm³/mol. The zero-order valence-corrected chi connectivity index (χ0v) is 21.9. The standard InChI is InChI=1S/C24H37FN2O4SSi/c1-5-33(6-2,7-3)31-24(19-27(15-16-28)18-20-11-9-8-10-12-20)21-13-14-22(25)23(17-21)26-32(4,29)30/h8-14,17,24,26,28H,5-7,15-16,18-19H2,1-4H3/t24-/m0/s1. The number of rotatable bonds is 14. The van der Waals surface area contributed by atoms with Gasteiger partial charge in [-0.25, -0.2) is 12.8 Å². The van der Waals surface area contributed by atoms with E-state index in [4.69, 9.17) is 4.43 Å². The number of aliphatic hydroxyl groups excluding tert-OH is 1. The first kappa shape index (κ1) is 27.5. The third kappa shape index (κ3) is 8.50. The maximum absolute atomic E-state index is 14.4. The quantitative estimate of drug-likeness (QED) is 0.369. The summed E-state index contributed by atoms with van der Waals surface area (Å²) in [7, 11) is -5.67. The molecule has 1 atom stereocenters. The van der Waals surface area contributed by atoms with Gasteiger partial charge in [-0.15, -0.1) is 0 Å². The molecule has 0 amide bonds. The highest BCUT2D eigenvalue weighted by Gasteiger charge is 2.33. The summed E-state index contributed by atoms with van der Waals surface area (Å²) in [6.07, 6.45) is 0.617. The molecule has 2 aromatic carbocycles. The molecule has 0 aliphatic heterocycles. The van der Waals surface area contributed by atoms with Crippen molar-refractivity contribution in [3.63, 3.8) is 0 Å². The first-order valence-corrected chi connectivity index (χ1v) is 15.9.